The Kier molecular flexibility index (Phi) is 3.74. The maximum absolute atomic E-state index is 13.4. The maximum atomic E-state index is 13.4. The monoisotopic (exact) mass is 241 g/mol. The van der Waals surface area contributed by atoms with Crippen LogP contribution in [-0.4, -0.2) is 17.7 Å². The van der Waals surface area contributed by atoms with Gasteiger partial charge >= 0.3 is 0 Å². The minimum Gasteiger partial charge on any atom is -0.387 e. The van der Waals surface area contributed by atoms with Gasteiger partial charge in [0.15, 0.2) is 0 Å². The average molecular weight is 241 g/mol. The molecule has 2 rings (SSSR count). The van der Waals surface area contributed by atoms with Crippen molar-refractivity contribution < 1.29 is 13.9 Å². The topological polar surface area (TPSA) is 32.3 Å². The fraction of sp³-hybridized carbons (Fsp3) is 0.538. The van der Waals surface area contributed by atoms with Gasteiger partial charge in [-0.3, -0.25) is 0 Å². The van der Waals surface area contributed by atoms with E-state index in [9.17, 15) is 13.9 Å². The highest BCUT2D eigenvalue weighted by atomic mass is 19.1. The molecular weight excluding hydrogens is 224 g/mol. The predicted octanol–water partition coefficient (Wildman–Crippen LogP) is 2.39. The van der Waals surface area contributed by atoms with Crippen molar-refractivity contribution in [2.45, 2.75) is 31.9 Å². The molecule has 3 unspecified atom stereocenters. The maximum Gasteiger partial charge on any atom is 0.131 e. The fourth-order valence-electron chi connectivity index (χ4n) is 2.14. The van der Waals surface area contributed by atoms with Crippen LogP contribution in [0.4, 0.5) is 8.78 Å². The van der Waals surface area contributed by atoms with Crippen LogP contribution in [0.3, 0.4) is 0 Å². The molecule has 2 nitrogen and oxygen atoms in total. The largest absolute Gasteiger partial charge is 0.387 e. The zero-order valence-corrected chi connectivity index (χ0v) is 9.79. The second-order valence-electron chi connectivity index (χ2n) is 4.57. The Labute approximate surface area is 99.7 Å². The molecule has 0 aromatic heterocycles. The summed E-state index contributed by atoms with van der Waals surface area (Å²) >= 11 is 0. The van der Waals surface area contributed by atoms with Crippen molar-refractivity contribution in [2.24, 2.45) is 5.92 Å². The molecule has 0 radical (unpaired) electrons. The van der Waals surface area contributed by atoms with Crippen molar-refractivity contribution in [3.8, 4) is 0 Å². The van der Waals surface area contributed by atoms with E-state index in [1.807, 2.05) is 0 Å². The standard InChI is InChI=1S/C13H17F2NO/c1-2-8-6-11(8)16-7-12(17)13-9(14)4-3-5-10(13)15/h3-5,8,11-12,16-17H,2,6-7H2,1H3. The first kappa shape index (κ1) is 12.5. The third-order valence-corrected chi connectivity index (χ3v) is 3.35. The van der Waals surface area contributed by atoms with Crippen molar-refractivity contribution in [1.29, 1.82) is 0 Å². The zero-order valence-electron chi connectivity index (χ0n) is 9.79. The van der Waals surface area contributed by atoms with Crippen LogP contribution in [-0.2, 0) is 0 Å². The Morgan fingerprint density at radius 3 is 2.59 bits per heavy atom. The van der Waals surface area contributed by atoms with Gasteiger partial charge in [-0.15, -0.1) is 0 Å². The van der Waals surface area contributed by atoms with E-state index in [4.69, 9.17) is 0 Å². The average Bonchev–Trinajstić information content (AvgIpc) is 3.04. The lowest BCUT2D eigenvalue weighted by molar-refractivity contribution is 0.164. The Bertz CT molecular complexity index is 377. The van der Waals surface area contributed by atoms with Crippen LogP contribution in [0.5, 0.6) is 0 Å². The quantitative estimate of drug-likeness (QED) is 0.829. The molecule has 4 heteroatoms. The highest BCUT2D eigenvalue weighted by molar-refractivity contribution is 5.22. The van der Waals surface area contributed by atoms with Gasteiger partial charge in [0.25, 0.3) is 0 Å². The van der Waals surface area contributed by atoms with E-state index in [1.54, 1.807) is 0 Å². The number of hydrogen-bond acceptors (Lipinski definition) is 2. The van der Waals surface area contributed by atoms with Crippen LogP contribution in [0.25, 0.3) is 0 Å². The second-order valence-corrected chi connectivity index (χ2v) is 4.57. The lowest BCUT2D eigenvalue weighted by Crippen LogP contribution is -2.25. The van der Waals surface area contributed by atoms with Crippen molar-refractivity contribution in [2.75, 3.05) is 6.54 Å². The van der Waals surface area contributed by atoms with E-state index in [2.05, 4.69) is 12.2 Å². The summed E-state index contributed by atoms with van der Waals surface area (Å²) in [7, 11) is 0. The molecule has 1 fully saturated rings. The Morgan fingerprint density at radius 2 is 2.06 bits per heavy atom. The van der Waals surface area contributed by atoms with Gasteiger partial charge in [-0.2, -0.15) is 0 Å². The zero-order chi connectivity index (χ0) is 12.4. The van der Waals surface area contributed by atoms with Crippen LogP contribution in [0.1, 0.15) is 31.4 Å². The minimum atomic E-state index is -1.13. The van der Waals surface area contributed by atoms with Crippen molar-refractivity contribution in [1.82, 2.24) is 5.32 Å². The van der Waals surface area contributed by atoms with Gasteiger partial charge in [-0.25, -0.2) is 8.78 Å². The number of rotatable bonds is 5. The molecule has 0 saturated heterocycles. The third kappa shape index (κ3) is 2.82. The highest BCUT2D eigenvalue weighted by Gasteiger charge is 2.35. The van der Waals surface area contributed by atoms with E-state index in [0.29, 0.717) is 12.0 Å². The molecule has 0 spiro atoms. The molecular formula is C13H17F2NO. The van der Waals surface area contributed by atoms with E-state index in [0.717, 1.165) is 25.0 Å². The molecule has 1 aliphatic carbocycles. The lowest BCUT2D eigenvalue weighted by atomic mass is 10.1. The first-order chi connectivity index (χ1) is 8.13. The number of aliphatic hydroxyl groups is 1. The molecule has 0 amide bonds. The summed E-state index contributed by atoms with van der Waals surface area (Å²) in [5.74, 6) is -0.739. The summed E-state index contributed by atoms with van der Waals surface area (Å²) in [5.41, 5.74) is -0.242. The summed E-state index contributed by atoms with van der Waals surface area (Å²) in [6, 6.07) is 4.01. The molecule has 1 aliphatic rings. The van der Waals surface area contributed by atoms with Gasteiger partial charge in [-0.05, 0) is 24.5 Å². The van der Waals surface area contributed by atoms with Gasteiger partial charge in [0.2, 0.25) is 0 Å². The molecule has 0 aliphatic heterocycles. The molecule has 94 valence electrons. The van der Waals surface area contributed by atoms with Crippen LogP contribution in [0.2, 0.25) is 0 Å². The van der Waals surface area contributed by atoms with Gasteiger partial charge in [-0.1, -0.05) is 19.4 Å². The van der Waals surface area contributed by atoms with Gasteiger partial charge < -0.3 is 10.4 Å². The molecule has 3 atom stereocenters. The molecule has 0 bridgehead atoms. The molecule has 1 aromatic rings. The summed E-state index contributed by atoms with van der Waals surface area (Å²) in [4.78, 5) is 0. The van der Waals surface area contributed by atoms with Crippen molar-refractivity contribution in [3.63, 3.8) is 0 Å². The molecule has 0 heterocycles. The molecule has 1 saturated carbocycles. The van der Waals surface area contributed by atoms with Crippen LogP contribution in [0.15, 0.2) is 18.2 Å². The number of nitrogens with one attached hydrogen (secondary N) is 1. The van der Waals surface area contributed by atoms with E-state index < -0.39 is 17.7 Å². The second kappa shape index (κ2) is 5.10. The SMILES string of the molecule is CCC1CC1NCC(O)c1c(F)cccc1F. The Morgan fingerprint density at radius 1 is 1.41 bits per heavy atom. The predicted molar refractivity (Wildman–Crippen MR) is 61.5 cm³/mol. The number of aliphatic hydroxyl groups excluding tert-OH is 1. The van der Waals surface area contributed by atoms with Crippen LogP contribution in [0, 0.1) is 17.6 Å². The summed E-state index contributed by atoms with van der Waals surface area (Å²) in [6.45, 7) is 2.30. The third-order valence-electron chi connectivity index (χ3n) is 3.35. The summed E-state index contributed by atoms with van der Waals surface area (Å²) < 4.78 is 26.7. The molecule has 17 heavy (non-hydrogen) atoms. The van der Waals surface area contributed by atoms with Gasteiger partial charge in [0, 0.05) is 12.6 Å². The van der Waals surface area contributed by atoms with E-state index in [1.165, 1.54) is 6.07 Å². The number of halogens is 2. The normalized spacial score (nSPS) is 24.7. The van der Waals surface area contributed by atoms with Crippen LogP contribution >= 0.6 is 0 Å². The first-order valence-corrected chi connectivity index (χ1v) is 5.98. The summed E-state index contributed by atoms with van der Waals surface area (Å²) in [6.07, 6.45) is 1.06. The van der Waals surface area contributed by atoms with Gasteiger partial charge in [0.05, 0.1) is 11.7 Å². The van der Waals surface area contributed by atoms with Crippen molar-refractivity contribution in [3.05, 3.63) is 35.4 Å². The molecule has 2 N–H and O–H groups in total. The number of benzene rings is 1. The van der Waals surface area contributed by atoms with Crippen molar-refractivity contribution >= 4 is 0 Å². The first-order valence-electron chi connectivity index (χ1n) is 5.98. The van der Waals surface area contributed by atoms with Crippen LogP contribution < -0.4 is 5.32 Å². The molecule has 1 aromatic carbocycles. The minimum absolute atomic E-state index is 0.193. The number of hydrogen-bond donors (Lipinski definition) is 2. The smallest absolute Gasteiger partial charge is 0.131 e. The van der Waals surface area contributed by atoms with E-state index >= 15 is 0 Å². The highest BCUT2D eigenvalue weighted by Crippen LogP contribution is 2.33. The fourth-order valence-corrected chi connectivity index (χ4v) is 2.14. The van der Waals surface area contributed by atoms with Gasteiger partial charge in [0.1, 0.15) is 11.6 Å². The van der Waals surface area contributed by atoms with E-state index in [-0.39, 0.29) is 12.1 Å². The lowest BCUT2D eigenvalue weighted by Gasteiger charge is -2.13. The Hall–Kier alpha value is -1.00. The Balaban J connectivity index is 1.93. The summed E-state index contributed by atoms with van der Waals surface area (Å²) in [5, 5.41) is 12.9.